The van der Waals surface area contributed by atoms with Crippen molar-refractivity contribution in [3.63, 3.8) is 0 Å². The summed E-state index contributed by atoms with van der Waals surface area (Å²) in [5.41, 5.74) is 0.425. The number of urea groups is 1. The van der Waals surface area contributed by atoms with Gasteiger partial charge in [0.15, 0.2) is 0 Å². The Balaban J connectivity index is 2.04. The lowest BCUT2D eigenvalue weighted by Gasteiger charge is -2.09. The van der Waals surface area contributed by atoms with Gasteiger partial charge in [0.25, 0.3) is 10.0 Å². The number of rotatable bonds is 5. The van der Waals surface area contributed by atoms with Gasteiger partial charge in [0.05, 0.1) is 11.5 Å². The van der Waals surface area contributed by atoms with E-state index in [1.807, 2.05) is 11.6 Å². The van der Waals surface area contributed by atoms with Gasteiger partial charge in [0.2, 0.25) is 0 Å². The molecule has 0 radical (unpaired) electrons. The second-order valence-electron chi connectivity index (χ2n) is 4.47. The minimum atomic E-state index is -3.96. The van der Waals surface area contributed by atoms with Crippen molar-refractivity contribution >= 4 is 33.3 Å². The molecule has 2 aromatic rings. The maximum atomic E-state index is 12.1. The number of carbonyl (C=O) groups is 1. The van der Waals surface area contributed by atoms with Gasteiger partial charge in [0.1, 0.15) is 5.75 Å². The van der Waals surface area contributed by atoms with Gasteiger partial charge < -0.3 is 10.1 Å². The Hall–Kier alpha value is -2.25. The fourth-order valence-corrected chi connectivity index (χ4v) is 2.79. The Bertz CT molecular complexity index is 774. The predicted octanol–water partition coefficient (Wildman–Crippen LogP) is 3.25. The van der Waals surface area contributed by atoms with Crippen molar-refractivity contribution in [3.05, 3.63) is 53.6 Å². The van der Waals surface area contributed by atoms with Crippen LogP contribution in [0.5, 0.6) is 5.75 Å². The molecule has 0 saturated carbocycles. The molecule has 0 fully saturated rings. The van der Waals surface area contributed by atoms with E-state index < -0.39 is 16.1 Å². The Morgan fingerprint density at radius 3 is 2.26 bits per heavy atom. The molecule has 0 aliphatic heterocycles. The first-order valence-electron chi connectivity index (χ1n) is 6.73. The zero-order valence-electron chi connectivity index (χ0n) is 12.2. The molecule has 0 atom stereocenters. The second kappa shape index (κ2) is 7.34. The topological polar surface area (TPSA) is 84.5 Å². The standard InChI is InChI=1S/C15H15ClN2O4S/c1-2-22-13-7-9-14(10-8-13)23(20,21)18-15(19)17-12-5-3-11(16)4-6-12/h3-10H,2H2,1H3,(H2,17,18,19). The maximum Gasteiger partial charge on any atom is 0.333 e. The summed E-state index contributed by atoms with van der Waals surface area (Å²) in [5, 5.41) is 2.93. The summed E-state index contributed by atoms with van der Waals surface area (Å²) in [7, 11) is -3.96. The lowest BCUT2D eigenvalue weighted by atomic mass is 10.3. The van der Waals surface area contributed by atoms with E-state index in [0.717, 1.165) is 0 Å². The summed E-state index contributed by atoms with van der Waals surface area (Å²) in [6.45, 7) is 2.31. The molecule has 0 saturated heterocycles. The molecule has 2 aromatic carbocycles. The number of anilines is 1. The van der Waals surface area contributed by atoms with Crippen LogP contribution in [0.1, 0.15) is 6.92 Å². The van der Waals surface area contributed by atoms with Crippen LogP contribution in [0.2, 0.25) is 5.02 Å². The summed E-state index contributed by atoms with van der Waals surface area (Å²) < 4.78 is 31.4. The highest BCUT2D eigenvalue weighted by atomic mass is 35.5. The summed E-state index contributed by atoms with van der Waals surface area (Å²) in [6, 6.07) is 11.2. The zero-order chi connectivity index (χ0) is 16.9. The van der Waals surface area contributed by atoms with Crippen molar-refractivity contribution in [2.45, 2.75) is 11.8 Å². The van der Waals surface area contributed by atoms with E-state index >= 15 is 0 Å². The molecule has 23 heavy (non-hydrogen) atoms. The van der Waals surface area contributed by atoms with Crippen LogP contribution >= 0.6 is 11.6 Å². The third-order valence-corrected chi connectivity index (χ3v) is 4.37. The summed E-state index contributed by atoms with van der Waals surface area (Å²) in [5.74, 6) is 0.553. The van der Waals surface area contributed by atoms with Gasteiger partial charge >= 0.3 is 6.03 Å². The molecule has 0 unspecified atom stereocenters. The fraction of sp³-hybridized carbons (Fsp3) is 0.133. The molecule has 0 spiro atoms. The van der Waals surface area contributed by atoms with Gasteiger partial charge in [-0.05, 0) is 55.5 Å². The first-order valence-corrected chi connectivity index (χ1v) is 8.59. The van der Waals surface area contributed by atoms with Crippen LogP contribution in [0.25, 0.3) is 0 Å². The van der Waals surface area contributed by atoms with E-state index in [0.29, 0.717) is 23.1 Å². The summed E-state index contributed by atoms with van der Waals surface area (Å²) in [4.78, 5) is 11.8. The Labute approximate surface area is 139 Å². The van der Waals surface area contributed by atoms with Crippen molar-refractivity contribution in [2.75, 3.05) is 11.9 Å². The van der Waals surface area contributed by atoms with Gasteiger partial charge in [-0.25, -0.2) is 17.9 Å². The molecule has 2 N–H and O–H groups in total. The van der Waals surface area contributed by atoms with E-state index in [1.165, 1.54) is 24.3 Å². The molecule has 0 aromatic heterocycles. The average molecular weight is 355 g/mol. The van der Waals surface area contributed by atoms with Crippen molar-refractivity contribution < 1.29 is 17.9 Å². The minimum Gasteiger partial charge on any atom is -0.494 e. The van der Waals surface area contributed by atoms with E-state index in [1.54, 1.807) is 24.3 Å². The number of benzene rings is 2. The molecule has 8 heteroatoms. The van der Waals surface area contributed by atoms with Crippen molar-refractivity contribution in [2.24, 2.45) is 0 Å². The first-order chi connectivity index (χ1) is 10.9. The van der Waals surface area contributed by atoms with Crippen LogP contribution < -0.4 is 14.8 Å². The highest BCUT2D eigenvalue weighted by molar-refractivity contribution is 7.90. The molecule has 2 amide bonds. The number of carbonyl (C=O) groups excluding carboxylic acids is 1. The highest BCUT2D eigenvalue weighted by Gasteiger charge is 2.17. The second-order valence-corrected chi connectivity index (χ2v) is 6.59. The SMILES string of the molecule is CCOc1ccc(S(=O)(=O)NC(=O)Nc2ccc(Cl)cc2)cc1. The predicted molar refractivity (Wildman–Crippen MR) is 88.4 cm³/mol. The van der Waals surface area contributed by atoms with E-state index in [-0.39, 0.29) is 4.90 Å². The number of amides is 2. The number of nitrogens with one attached hydrogen (secondary N) is 2. The van der Waals surface area contributed by atoms with E-state index in [9.17, 15) is 13.2 Å². The molecular weight excluding hydrogens is 340 g/mol. The quantitative estimate of drug-likeness (QED) is 0.863. The van der Waals surface area contributed by atoms with E-state index in [2.05, 4.69) is 5.32 Å². The normalized spacial score (nSPS) is 10.9. The Kier molecular flexibility index (Phi) is 5.46. The van der Waals surface area contributed by atoms with Crippen molar-refractivity contribution in [3.8, 4) is 5.75 Å². The van der Waals surface area contributed by atoms with Gasteiger partial charge in [0, 0.05) is 10.7 Å². The van der Waals surface area contributed by atoms with Crippen LogP contribution in [0, 0.1) is 0 Å². The maximum absolute atomic E-state index is 12.1. The Morgan fingerprint density at radius 2 is 1.70 bits per heavy atom. The molecule has 0 bridgehead atoms. The third-order valence-electron chi connectivity index (χ3n) is 2.77. The van der Waals surface area contributed by atoms with Gasteiger partial charge in [-0.2, -0.15) is 0 Å². The zero-order valence-corrected chi connectivity index (χ0v) is 13.8. The smallest absolute Gasteiger partial charge is 0.333 e. The molecule has 0 heterocycles. The van der Waals surface area contributed by atoms with Crippen molar-refractivity contribution in [1.82, 2.24) is 4.72 Å². The lowest BCUT2D eigenvalue weighted by Crippen LogP contribution is -2.34. The third kappa shape index (κ3) is 4.87. The van der Waals surface area contributed by atoms with Crippen LogP contribution in [-0.4, -0.2) is 21.1 Å². The number of halogens is 1. The molecular formula is C15H15ClN2O4S. The monoisotopic (exact) mass is 354 g/mol. The van der Waals surface area contributed by atoms with Crippen LogP contribution in [0.3, 0.4) is 0 Å². The molecule has 122 valence electrons. The van der Waals surface area contributed by atoms with Gasteiger partial charge in [-0.1, -0.05) is 11.6 Å². The van der Waals surface area contributed by atoms with Gasteiger partial charge in [-0.15, -0.1) is 0 Å². The summed E-state index contributed by atoms with van der Waals surface area (Å²) >= 11 is 5.74. The number of hydrogen-bond donors (Lipinski definition) is 2. The molecule has 2 rings (SSSR count). The Morgan fingerprint density at radius 1 is 1.09 bits per heavy atom. The summed E-state index contributed by atoms with van der Waals surface area (Å²) in [6.07, 6.45) is 0. The first kappa shape index (κ1) is 17.1. The molecule has 0 aliphatic carbocycles. The fourth-order valence-electron chi connectivity index (χ4n) is 1.75. The average Bonchev–Trinajstić information content (AvgIpc) is 2.50. The number of sulfonamides is 1. The van der Waals surface area contributed by atoms with Crippen LogP contribution in [-0.2, 0) is 10.0 Å². The largest absolute Gasteiger partial charge is 0.494 e. The van der Waals surface area contributed by atoms with Crippen LogP contribution in [0.4, 0.5) is 10.5 Å². The number of hydrogen-bond acceptors (Lipinski definition) is 4. The minimum absolute atomic E-state index is 0.0350. The number of ether oxygens (including phenoxy) is 1. The molecule has 6 nitrogen and oxygen atoms in total. The van der Waals surface area contributed by atoms with E-state index in [4.69, 9.17) is 16.3 Å². The van der Waals surface area contributed by atoms with Crippen molar-refractivity contribution in [1.29, 1.82) is 0 Å². The highest BCUT2D eigenvalue weighted by Crippen LogP contribution is 2.16. The van der Waals surface area contributed by atoms with Gasteiger partial charge in [-0.3, -0.25) is 0 Å². The lowest BCUT2D eigenvalue weighted by molar-refractivity contribution is 0.256. The van der Waals surface area contributed by atoms with Crippen LogP contribution in [0.15, 0.2) is 53.4 Å². The molecule has 0 aliphatic rings.